The zero-order chi connectivity index (χ0) is 24.9. The Bertz CT molecular complexity index is 1340. The van der Waals surface area contributed by atoms with Crippen molar-refractivity contribution >= 4 is 34.9 Å². The number of amides is 1. The second kappa shape index (κ2) is 10.1. The van der Waals surface area contributed by atoms with Gasteiger partial charge in [0.05, 0.1) is 0 Å². The van der Waals surface area contributed by atoms with Crippen LogP contribution in [0.1, 0.15) is 55.5 Å². The Kier molecular flexibility index (Phi) is 6.82. The van der Waals surface area contributed by atoms with Gasteiger partial charge >= 0.3 is 5.97 Å². The van der Waals surface area contributed by atoms with Gasteiger partial charge in [0.2, 0.25) is 0 Å². The van der Waals surface area contributed by atoms with Gasteiger partial charge in [0.25, 0.3) is 5.91 Å². The molecule has 1 N–H and O–H groups in total. The smallest absolute Gasteiger partial charge is 0.344 e. The molecule has 0 unspecified atom stereocenters. The maximum absolute atomic E-state index is 12.8. The van der Waals surface area contributed by atoms with Crippen LogP contribution in [-0.2, 0) is 14.3 Å². The topological polar surface area (TPSA) is 116 Å². The van der Waals surface area contributed by atoms with Crippen molar-refractivity contribution in [2.75, 3.05) is 18.5 Å². The van der Waals surface area contributed by atoms with Crippen LogP contribution in [0.15, 0.2) is 66.7 Å². The molecule has 0 spiro atoms. The predicted molar refractivity (Wildman–Crippen MR) is 126 cm³/mol. The number of Topliss-reactive ketones (excluding diaryl/α,β-unsaturated/α-hetero) is 1. The summed E-state index contributed by atoms with van der Waals surface area (Å²) in [7, 11) is 0. The quantitative estimate of drug-likeness (QED) is 0.308. The third-order valence-corrected chi connectivity index (χ3v) is 5.43. The van der Waals surface area contributed by atoms with Crippen LogP contribution in [0, 0.1) is 0 Å². The van der Waals surface area contributed by atoms with Crippen LogP contribution in [0.3, 0.4) is 0 Å². The first kappa shape index (κ1) is 23.6. The molecule has 0 aromatic heterocycles. The van der Waals surface area contributed by atoms with Gasteiger partial charge in [-0.2, -0.15) is 0 Å². The van der Waals surface area contributed by atoms with Crippen LogP contribution >= 0.6 is 0 Å². The maximum atomic E-state index is 12.8. The largest absolute Gasteiger partial charge is 0.482 e. The van der Waals surface area contributed by atoms with E-state index in [0.717, 1.165) is 0 Å². The molecule has 3 aromatic rings. The highest BCUT2D eigenvalue weighted by molar-refractivity contribution is 6.28. The van der Waals surface area contributed by atoms with Gasteiger partial charge in [-0.3, -0.25) is 19.2 Å². The zero-order valence-corrected chi connectivity index (χ0v) is 18.8. The summed E-state index contributed by atoms with van der Waals surface area (Å²) in [6.07, 6.45) is 0.391. The number of hydrogen-bond donors (Lipinski definition) is 1. The number of anilines is 1. The monoisotopic (exact) mass is 471 g/mol. The van der Waals surface area contributed by atoms with Gasteiger partial charge in [-0.25, -0.2) is 4.79 Å². The number of rotatable bonds is 8. The fourth-order valence-corrected chi connectivity index (χ4v) is 3.65. The van der Waals surface area contributed by atoms with Gasteiger partial charge in [-0.05, 0) is 42.5 Å². The van der Waals surface area contributed by atoms with E-state index in [9.17, 15) is 24.0 Å². The molecule has 1 amide bonds. The van der Waals surface area contributed by atoms with Crippen LogP contribution in [0.25, 0.3) is 0 Å². The minimum absolute atomic E-state index is 0.00156. The first-order valence-electron chi connectivity index (χ1n) is 10.9. The lowest BCUT2D eigenvalue weighted by atomic mass is 9.84. The van der Waals surface area contributed by atoms with Crippen LogP contribution < -0.4 is 10.1 Å². The highest BCUT2D eigenvalue weighted by Crippen LogP contribution is 2.29. The number of ketones is 3. The fraction of sp³-hybridized carbons (Fsp3) is 0.148. The third kappa shape index (κ3) is 5.16. The average Bonchev–Trinajstić information content (AvgIpc) is 2.89. The summed E-state index contributed by atoms with van der Waals surface area (Å²) >= 11 is 0. The Morgan fingerprint density at radius 2 is 1.40 bits per heavy atom. The number of hydrogen-bond acceptors (Lipinski definition) is 7. The normalized spacial score (nSPS) is 11.8. The van der Waals surface area contributed by atoms with Crippen LogP contribution in [-0.4, -0.2) is 42.4 Å². The number of nitrogens with one attached hydrogen (secondary N) is 1. The van der Waals surface area contributed by atoms with E-state index >= 15 is 0 Å². The number of carbonyl (C=O) groups excluding carboxylic acids is 5. The lowest BCUT2D eigenvalue weighted by Crippen LogP contribution is -2.24. The van der Waals surface area contributed by atoms with Gasteiger partial charge in [0.1, 0.15) is 5.75 Å². The molecular formula is C27H21NO7. The van der Waals surface area contributed by atoms with Gasteiger partial charge < -0.3 is 14.8 Å². The van der Waals surface area contributed by atoms with E-state index in [-0.39, 0.29) is 28.5 Å². The number of carbonyl (C=O) groups is 5. The van der Waals surface area contributed by atoms with E-state index in [1.165, 1.54) is 18.2 Å². The maximum Gasteiger partial charge on any atom is 0.344 e. The minimum atomic E-state index is -0.753. The Hall–Kier alpha value is -4.59. The van der Waals surface area contributed by atoms with E-state index in [2.05, 4.69) is 5.32 Å². The molecule has 0 saturated carbocycles. The summed E-state index contributed by atoms with van der Waals surface area (Å²) in [6.45, 7) is 0.798. The zero-order valence-electron chi connectivity index (χ0n) is 18.8. The van der Waals surface area contributed by atoms with Crippen molar-refractivity contribution in [1.82, 2.24) is 0 Å². The summed E-state index contributed by atoms with van der Waals surface area (Å²) in [5.74, 6) is -1.54. The van der Waals surface area contributed by atoms with Crippen LogP contribution in [0.2, 0.25) is 0 Å². The van der Waals surface area contributed by atoms with Crippen LogP contribution in [0.4, 0.5) is 5.69 Å². The van der Waals surface area contributed by atoms with Crippen molar-refractivity contribution in [1.29, 1.82) is 0 Å². The lowest BCUT2D eigenvalue weighted by Gasteiger charge is -2.18. The van der Waals surface area contributed by atoms with E-state index < -0.39 is 25.1 Å². The van der Waals surface area contributed by atoms with Crippen LogP contribution in [0.5, 0.6) is 5.75 Å². The molecule has 0 heterocycles. The molecule has 0 aliphatic heterocycles. The summed E-state index contributed by atoms with van der Waals surface area (Å²) in [5, 5.41) is 2.55. The number of esters is 1. The van der Waals surface area contributed by atoms with Crippen molar-refractivity contribution in [3.8, 4) is 5.75 Å². The minimum Gasteiger partial charge on any atom is -0.482 e. The third-order valence-electron chi connectivity index (χ3n) is 5.43. The van der Waals surface area contributed by atoms with E-state index in [1.54, 1.807) is 55.5 Å². The first-order chi connectivity index (χ1) is 16.9. The molecule has 0 saturated heterocycles. The fourth-order valence-electron chi connectivity index (χ4n) is 3.65. The van der Waals surface area contributed by atoms with E-state index in [1.807, 2.05) is 0 Å². The second-order valence-electron chi connectivity index (χ2n) is 7.76. The molecule has 1 aliphatic rings. The molecule has 8 nitrogen and oxygen atoms in total. The van der Waals surface area contributed by atoms with Gasteiger partial charge in [-0.15, -0.1) is 0 Å². The lowest BCUT2D eigenvalue weighted by molar-refractivity contribution is -0.149. The average molecular weight is 471 g/mol. The molecule has 0 fully saturated rings. The predicted octanol–water partition coefficient (Wildman–Crippen LogP) is 3.62. The van der Waals surface area contributed by atoms with Crippen molar-refractivity contribution in [3.63, 3.8) is 0 Å². The molecule has 0 atom stereocenters. The molecular weight excluding hydrogens is 450 g/mol. The number of ether oxygens (including phenoxy) is 2. The van der Waals surface area contributed by atoms with Gasteiger partial charge in [0.15, 0.2) is 30.6 Å². The number of fused-ring (bicyclic) bond motifs is 2. The molecule has 0 radical (unpaired) electrons. The summed E-state index contributed by atoms with van der Waals surface area (Å²) in [5.41, 5.74) is 1.97. The van der Waals surface area contributed by atoms with Crippen molar-refractivity contribution in [2.45, 2.75) is 13.3 Å². The Labute approximate surface area is 200 Å². The molecule has 1 aliphatic carbocycles. The second-order valence-corrected chi connectivity index (χ2v) is 7.76. The number of benzene rings is 3. The molecule has 4 rings (SSSR count). The molecule has 35 heavy (non-hydrogen) atoms. The SMILES string of the molecule is CCC(=O)c1ccc(OCC(=O)OCC(=O)Nc2ccc3c(c2)C(=O)c2ccccc2C3=O)cc1. The molecule has 0 bridgehead atoms. The van der Waals surface area contributed by atoms with Crippen molar-refractivity contribution in [2.24, 2.45) is 0 Å². The highest BCUT2D eigenvalue weighted by atomic mass is 16.6. The molecule has 176 valence electrons. The molecule has 3 aromatic carbocycles. The van der Waals surface area contributed by atoms with Gasteiger partial charge in [-0.1, -0.05) is 31.2 Å². The Morgan fingerprint density at radius 3 is 2.06 bits per heavy atom. The van der Waals surface area contributed by atoms with Gasteiger partial charge in [0, 0.05) is 39.9 Å². The summed E-state index contributed by atoms with van der Waals surface area (Å²) in [6, 6.07) is 17.4. The first-order valence-corrected chi connectivity index (χ1v) is 10.9. The standard InChI is InChI=1S/C27H21NO7/c1-2-23(29)16-7-10-18(11-8-16)34-15-25(31)35-14-24(30)28-17-9-12-21-22(13-17)27(33)20-6-4-3-5-19(20)26(21)32/h3-13H,2,14-15H2,1H3,(H,28,30). The van der Waals surface area contributed by atoms with Crippen molar-refractivity contribution < 1.29 is 33.4 Å². The summed E-state index contributed by atoms with van der Waals surface area (Å²) in [4.78, 5) is 61.2. The Morgan fingerprint density at radius 1 is 0.771 bits per heavy atom. The molecule has 8 heteroatoms. The highest BCUT2D eigenvalue weighted by Gasteiger charge is 2.29. The Balaban J connectivity index is 1.30. The van der Waals surface area contributed by atoms with Crippen molar-refractivity contribution in [3.05, 3.63) is 94.5 Å². The summed E-state index contributed by atoms with van der Waals surface area (Å²) < 4.78 is 10.2. The van der Waals surface area contributed by atoms with E-state index in [0.29, 0.717) is 34.5 Å². The van der Waals surface area contributed by atoms with E-state index in [4.69, 9.17) is 9.47 Å².